The Morgan fingerprint density at radius 1 is 1.28 bits per heavy atom. The van der Waals surface area contributed by atoms with E-state index >= 15 is 0 Å². The van der Waals surface area contributed by atoms with Crippen molar-refractivity contribution in [2.45, 2.75) is 38.6 Å². The van der Waals surface area contributed by atoms with Gasteiger partial charge >= 0.3 is 0 Å². The highest BCUT2D eigenvalue weighted by Crippen LogP contribution is 2.31. The van der Waals surface area contributed by atoms with Gasteiger partial charge in [-0.2, -0.15) is 0 Å². The van der Waals surface area contributed by atoms with E-state index in [0.29, 0.717) is 0 Å². The van der Waals surface area contributed by atoms with Crippen molar-refractivity contribution >= 4 is 0 Å². The van der Waals surface area contributed by atoms with Gasteiger partial charge in [0.15, 0.2) is 0 Å². The molecular weight excluding hydrogens is 224 g/mol. The van der Waals surface area contributed by atoms with Gasteiger partial charge in [-0.25, -0.2) is 0 Å². The second-order valence-electron chi connectivity index (χ2n) is 5.55. The Labute approximate surface area is 110 Å². The van der Waals surface area contributed by atoms with E-state index in [0.717, 1.165) is 25.3 Å². The van der Waals surface area contributed by atoms with Crippen LogP contribution in [0.4, 0.5) is 0 Å². The van der Waals surface area contributed by atoms with E-state index in [1.807, 2.05) is 0 Å². The Balaban J connectivity index is 1.85. The standard InChI is InChI=1S/C15H24N2O/c1-11-8-13(9-12(2)14(11)18-3)4-7-17-10-15(16)5-6-15/h8-9,17H,4-7,10,16H2,1-3H3. The summed E-state index contributed by atoms with van der Waals surface area (Å²) < 4.78 is 5.38. The molecular formula is C15H24N2O. The van der Waals surface area contributed by atoms with E-state index in [1.165, 1.54) is 29.5 Å². The number of aryl methyl sites for hydroxylation is 2. The number of ether oxygens (including phenoxy) is 1. The molecule has 0 aromatic heterocycles. The molecule has 1 aliphatic carbocycles. The molecule has 0 saturated heterocycles. The van der Waals surface area contributed by atoms with Crippen LogP contribution >= 0.6 is 0 Å². The SMILES string of the molecule is COc1c(C)cc(CCNCC2(N)CC2)cc1C. The lowest BCUT2D eigenvalue weighted by Gasteiger charge is -2.13. The molecule has 3 N–H and O–H groups in total. The van der Waals surface area contributed by atoms with E-state index in [1.54, 1.807) is 7.11 Å². The molecule has 0 atom stereocenters. The molecule has 1 aromatic carbocycles. The first-order valence-corrected chi connectivity index (χ1v) is 6.68. The van der Waals surface area contributed by atoms with Gasteiger partial charge in [0.1, 0.15) is 5.75 Å². The van der Waals surface area contributed by atoms with Crippen molar-refractivity contribution in [3.05, 3.63) is 28.8 Å². The molecule has 0 unspecified atom stereocenters. The largest absolute Gasteiger partial charge is 0.496 e. The van der Waals surface area contributed by atoms with Gasteiger partial charge in [0.05, 0.1) is 7.11 Å². The maximum Gasteiger partial charge on any atom is 0.124 e. The summed E-state index contributed by atoms with van der Waals surface area (Å²) in [6, 6.07) is 4.42. The van der Waals surface area contributed by atoms with Gasteiger partial charge in [-0.05, 0) is 56.3 Å². The second-order valence-corrected chi connectivity index (χ2v) is 5.55. The van der Waals surface area contributed by atoms with E-state index in [9.17, 15) is 0 Å². The fourth-order valence-corrected chi connectivity index (χ4v) is 2.41. The Morgan fingerprint density at radius 3 is 2.39 bits per heavy atom. The molecule has 3 nitrogen and oxygen atoms in total. The average molecular weight is 248 g/mol. The van der Waals surface area contributed by atoms with Crippen molar-refractivity contribution in [3.8, 4) is 5.75 Å². The van der Waals surface area contributed by atoms with E-state index in [4.69, 9.17) is 10.5 Å². The number of nitrogens with one attached hydrogen (secondary N) is 1. The maximum atomic E-state index is 6.03. The number of methoxy groups -OCH3 is 1. The minimum Gasteiger partial charge on any atom is -0.496 e. The summed E-state index contributed by atoms with van der Waals surface area (Å²) in [5.41, 5.74) is 9.92. The normalized spacial score (nSPS) is 16.7. The lowest BCUT2D eigenvalue weighted by molar-refractivity contribution is 0.408. The van der Waals surface area contributed by atoms with Gasteiger partial charge in [0.25, 0.3) is 0 Å². The number of benzene rings is 1. The fourth-order valence-electron chi connectivity index (χ4n) is 2.41. The van der Waals surface area contributed by atoms with Crippen LogP contribution in [0.5, 0.6) is 5.75 Å². The summed E-state index contributed by atoms with van der Waals surface area (Å²) in [6.07, 6.45) is 3.38. The molecule has 3 heteroatoms. The van der Waals surface area contributed by atoms with Crippen LogP contribution in [-0.4, -0.2) is 25.7 Å². The third-order valence-corrected chi connectivity index (χ3v) is 3.68. The molecule has 0 heterocycles. The van der Waals surface area contributed by atoms with Crippen LogP contribution in [0.2, 0.25) is 0 Å². The third kappa shape index (κ3) is 3.24. The minimum absolute atomic E-state index is 0.103. The topological polar surface area (TPSA) is 47.3 Å². The van der Waals surface area contributed by atoms with Gasteiger partial charge in [-0.15, -0.1) is 0 Å². The predicted molar refractivity (Wildman–Crippen MR) is 75.2 cm³/mol. The number of nitrogens with two attached hydrogens (primary N) is 1. The molecule has 1 aliphatic rings. The summed E-state index contributed by atoms with van der Waals surface area (Å²) >= 11 is 0. The van der Waals surface area contributed by atoms with Crippen molar-refractivity contribution in [3.63, 3.8) is 0 Å². The summed E-state index contributed by atoms with van der Waals surface area (Å²) in [6.45, 7) is 6.13. The first-order chi connectivity index (χ1) is 8.54. The fraction of sp³-hybridized carbons (Fsp3) is 0.600. The first-order valence-electron chi connectivity index (χ1n) is 6.68. The third-order valence-electron chi connectivity index (χ3n) is 3.68. The summed E-state index contributed by atoms with van der Waals surface area (Å²) in [7, 11) is 1.73. The highest BCUT2D eigenvalue weighted by molar-refractivity contribution is 5.43. The Bertz CT molecular complexity index is 401. The van der Waals surface area contributed by atoms with Crippen LogP contribution in [0.25, 0.3) is 0 Å². The van der Waals surface area contributed by atoms with Crippen molar-refractivity contribution in [2.75, 3.05) is 20.2 Å². The highest BCUT2D eigenvalue weighted by atomic mass is 16.5. The highest BCUT2D eigenvalue weighted by Gasteiger charge is 2.37. The Morgan fingerprint density at radius 2 is 1.89 bits per heavy atom. The van der Waals surface area contributed by atoms with Gasteiger partial charge in [0, 0.05) is 12.1 Å². The molecule has 18 heavy (non-hydrogen) atoms. The zero-order chi connectivity index (χ0) is 13.2. The van der Waals surface area contributed by atoms with Crippen molar-refractivity contribution < 1.29 is 4.74 Å². The number of rotatable bonds is 6. The van der Waals surface area contributed by atoms with Crippen LogP contribution in [-0.2, 0) is 6.42 Å². The van der Waals surface area contributed by atoms with Crippen molar-refractivity contribution in [1.29, 1.82) is 0 Å². The first kappa shape index (κ1) is 13.4. The van der Waals surface area contributed by atoms with Crippen LogP contribution in [0.3, 0.4) is 0 Å². The molecule has 2 rings (SSSR count). The number of hydrogen-bond donors (Lipinski definition) is 2. The Hall–Kier alpha value is -1.06. The number of hydrogen-bond acceptors (Lipinski definition) is 3. The lowest BCUT2D eigenvalue weighted by atomic mass is 10.0. The molecule has 1 aromatic rings. The molecule has 1 fully saturated rings. The summed E-state index contributed by atoms with van der Waals surface area (Å²) in [4.78, 5) is 0. The molecule has 1 saturated carbocycles. The summed E-state index contributed by atoms with van der Waals surface area (Å²) in [5.74, 6) is 1.01. The minimum atomic E-state index is 0.103. The van der Waals surface area contributed by atoms with E-state index in [-0.39, 0.29) is 5.54 Å². The molecule has 0 radical (unpaired) electrons. The molecule has 0 spiro atoms. The average Bonchev–Trinajstić information content (AvgIpc) is 3.03. The maximum absolute atomic E-state index is 6.03. The van der Waals surface area contributed by atoms with Gasteiger partial charge < -0.3 is 15.8 Å². The molecule has 0 bridgehead atoms. The van der Waals surface area contributed by atoms with E-state index in [2.05, 4.69) is 31.3 Å². The smallest absolute Gasteiger partial charge is 0.124 e. The molecule has 100 valence electrons. The van der Waals surface area contributed by atoms with Crippen LogP contribution in [0, 0.1) is 13.8 Å². The van der Waals surface area contributed by atoms with Crippen LogP contribution in [0.15, 0.2) is 12.1 Å². The van der Waals surface area contributed by atoms with Gasteiger partial charge in [-0.3, -0.25) is 0 Å². The van der Waals surface area contributed by atoms with Crippen LogP contribution in [0.1, 0.15) is 29.5 Å². The quantitative estimate of drug-likeness (QED) is 0.756. The monoisotopic (exact) mass is 248 g/mol. The Kier molecular flexibility index (Phi) is 3.93. The molecule has 0 amide bonds. The zero-order valence-corrected chi connectivity index (χ0v) is 11.7. The summed E-state index contributed by atoms with van der Waals surface area (Å²) in [5, 5.41) is 3.45. The van der Waals surface area contributed by atoms with Gasteiger partial charge in [0.2, 0.25) is 0 Å². The molecule has 0 aliphatic heterocycles. The van der Waals surface area contributed by atoms with E-state index < -0.39 is 0 Å². The lowest BCUT2D eigenvalue weighted by Crippen LogP contribution is -2.36. The van der Waals surface area contributed by atoms with Crippen molar-refractivity contribution in [1.82, 2.24) is 5.32 Å². The van der Waals surface area contributed by atoms with Gasteiger partial charge in [-0.1, -0.05) is 12.1 Å². The zero-order valence-electron chi connectivity index (χ0n) is 11.7. The van der Waals surface area contributed by atoms with Crippen molar-refractivity contribution in [2.24, 2.45) is 5.73 Å². The predicted octanol–water partition coefficient (Wildman–Crippen LogP) is 1.94. The van der Waals surface area contributed by atoms with Crippen LogP contribution < -0.4 is 15.8 Å². The second kappa shape index (κ2) is 5.29.